The van der Waals surface area contributed by atoms with Crippen molar-refractivity contribution < 1.29 is 0 Å². The SMILES string of the molecule is CC.CC.CC.CC.CC1CC2CN(C)CC2C1.CC1CCC(C)CC1. The summed E-state index contributed by atoms with van der Waals surface area (Å²) in [6.07, 6.45) is 8.88. The van der Waals surface area contributed by atoms with Crippen molar-refractivity contribution in [1.82, 2.24) is 4.90 Å². The molecular weight excluding hydrogens is 314 g/mol. The summed E-state index contributed by atoms with van der Waals surface area (Å²) in [5.41, 5.74) is 0. The monoisotopic (exact) mass is 371 g/mol. The van der Waals surface area contributed by atoms with Gasteiger partial charge in [-0.2, -0.15) is 0 Å². The molecule has 2 atom stereocenters. The molecule has 0 N–H and O–H groups in total. The van der Waals surface area contributed by atoms with Crippen molar-refractivity contribution in [3.8, 4) is 0 Å². The second kappa shape index (κ2) is 21.3. The quantitative estimate of drug-likeness (QED) is 0.412. The van der Waals surface area contributed by atoms with Crippen LogP contribution in [-0.4, -0.2) is 25.0 Å². The van der Waals surface area contributed by atoms with Gasteiger partial charge in [0.2, 0.25) is 0 Å². The van der Waals surface area contributed by atoms with Gasteiger partial charge in [-0.05, 0) is 49.5 Å². The first-order valence-corrected chi connectivity index (χ1v) is 12.2. The Morgan fingerprint density at radius 3 is 1.04 bits per heavy atom. The molecule has 3 aliphatic rings. The highest BCUT2D eigenvalue weighted by Gasteiger charge is 2.37. The summed E-state index contributed by atoms with van der Waals surface area (Å²) in [7, 11) is 2.25. The zero-order valence-electron chi connectivity index (χ0n) is 21.0. The van der Waals surface area contributed by atoms with Crippen LogP contribution in [0.1, 0.15) is 115 Å². The summed E-state index contributed by atoms with van der Waals surface area (Å²) >= 11 is 0. The van der Waals surface area contributed by atoms with E-state index in [1.165, 1.54) is 51.6 Å². The zero-order valence-corrected chi connectivity index (χ0v) is 21.0. The second-order valence-electron chi connectivity index (χ2n) is 7.68. The molecule has 2 aliphatic carbocycles. The Balaban J connectivity index is -0.000000299. The number of nitrogens with zero attached hydrogens (tertiary/aromatic N) is 1. The largest absolute Gasteiger partial charge is 0.306 e. The lowest BCUT2D eigenvalue weighted by Crippen LogP contribution is -2.15. The lowest BCUT2D eigenvalue weighted by Gasteiger charge is -2.22. The van der Waals surface area contributed by atoms with Crippen LogP contribution in [0.2, 0.25) is 0 Å². The highest BCUT2D eigenvalue weighted by molar-refractivity contribution is 4.89. The molecule has 1 aliphatic heterocycles. The molecule has 0 aromatic heterocycles. The minimum Gasteiger partial charge on any atom is -0.306 e. The van der Waals surface area contributed by atoms with Gasteiger partial charge in [0, 0.05) is 13.1 Å². The lowest BCUT2D eigenvalue weighted by atomic mass is 9.84. The number of likely N-dealkylation sites (tertiary alicyclic amines) is 1. The number of fused-ring (bicyclic) bond motifs is 1. The van der Waals surface area contributed by atoms with Crippen LogP contribution >= 0.6 is 0 Å². The molecule has 0 radical (unpaired) electrons. The maximum absolute atomic E-state index is 2.49. The van der Waals surface area contributed by atoms with E-state index in [9.17, 15) is 0 Å². The van der Waals surface area contributed by atoms with E-state index in [2.05, 4.69) is 32.7 Å². The van der Waals surface area contributed by atoms with Gasteiger partial charge in [-0.25, -0.2) is 0 Å². The standard InChI is InChI=1S/C9H17N.C8H16.4C2H6/c1-7-3-8-5-10(2)6-9(8)4-7;1-7-3-5-8(2)6-4-7;4*1-2/h7-9H,3-6H2,1-2H3;7-8H,3-6H2,1-2H3;4*1-2H3. The molecule has 1 heterocycles. The van der Waals surface area contributed by atoms with Gasteiger partial charge >= 0.3 is 0 Å². The Bertz CT molecular complexity index is 205. The predicted molar refractivity (Wildman–Crippen MR) is 125 cm³/mol. The van der Waals surface area contributed by atoms with E-state index in [-0.39, 0.29) is 0 Å². The molecule has 0 aromatic rings. The van der Waals surface area contributed by atoms with Crippen molar-refractivity contribution >= 4 is 0 Å². The van der Waals surface area contributed by atoms with Crippen LogP contribution in [-0.2, 0) is 0 Å². The molecule has 0 spiro atoms. The first kappa shape index (κ1) is 30.7. The van der Waals surface area contributed by atoms with Crippen molar-refractivity contribution in [3.63, 3.8) is 0 Å². The van der Waals surface area contributed by atoms with Gasteiger partial charge in [-0.15, -0.1) is 0 Å². The summed E-state index contributed by atoms with van der Waals surface area (Å²) in [5.74, 6) is 5.17. The molecule has 1 heteroatoms. The van der Waals surface area contributed by atoms with E-state index in [1.807, 2.05) is 55.4 Å². The number of hydrogen-bond donors (Lipinski definition) is 0. The summed E-state index contributed by atoms with van der Waals surface area (Å²) in [4.78, 5) is 2.49. The molecule has 26 heavy (non-hydrogen) atoms. The van der Waals surface area contributed by atoms with Crippen LogP contribution < -0.4 is 0 Å². The van der Waals surface area contributed by atoms with Crippen LogP contribution in [0.5, 0.6) is 0 Å². The smallest absolute Gasteiger partial charge is 0.000995 e. The zero-order chi connectivity index (χ0) is 21.1. The molecule has 3 fully saturated rings. The van der Waals surface area contributed by atoms with E-state index in [0.29, 0.717) is 0 Å². The van der Waals surface area contributed by atoms with Crippen molar-refractivity contribution in [1.29, 1.82) is 0 Å². The third kappa shape index (κ3) is 14.1. The predicted octanol–water partition coefficient (Wildman–Crippen LogP) is 8.53. The molecule has 2 saturated carbocycles. The summed E-state index contributed by atoms with van der Waals surface area (Å²) in [5, 5.41) is 0. The van der Waals surface area contributed by atoms with Gasteiger partial charge in [-0.1, -0.05) is 102 Å². The minimum atomic E-state index is 1.02. The molecule has 0 amide bonds. The molecule has 3 rings (SSSR count). The van der Waals surface area contributed by atoms with Crippen LogP contribution in [0, 0.1) is 29.6 Å². The molecule has 0 bridgehead atoms. The highest BCUT2D eigenvalue weighted by atomic mass is 15.1. The van der Waals surface area contributed by atoms with Crippen LogP contribution in [0.4, 0.5) is 0 Å². The third-order valence-electron chi connectivity index (χ3n) is 5.47. The van der Waals surface area contributed by atoms with Crippen LogP contribution in [0.15, 0.2) is 0 Å². The maximum Gasteiger partial charge on any atom is 0.000995 e. The fourth-order valence-corrected chi connectivity index (χ4v) is 4.26. The average molecular weight is 372 g/mol. The summed E-state index contributed by atoms with van der Waals surface area (Å²) in [6.45, 7) is 25.9. The Morgan fingerprint density at radius 2 is 0.769 bits per heavy atom. The molecular formula is C25H57N. The van der Waals surface area contributed by atoms with Gasteiger partial charge < -0.3 is 4.90 Å². The second-order valence-corrected chi connectivity index (χ2v) is 7.68. The highest BCUT2D eigenvalue weighted by Crippen LogP contribution is 2.40. The molecule has 2 unspecified atom stereocenters. The van der Waals surface area contributed by atoms with Gasteiger partial charge in [0.05, 0.1) is 0 Å². The van der Waals surface area contributed by atoms with Crippen molar-refractivity contribution in [2.45, 2.75) is 115 Å². The number of hydrogen-bond acceptors (Lipinski definition) is 1. The Hall–Kier alpha value is -0.0400. The van der Waals surface area contributed by atoms with Gasteiger partial charge in [-0.3, -0.25) is 0 Å². The normalized spacial score (nSPS) is 31.6. The Labute approximate surface area is 169 Å². The molecule has 1 nitrogen and oxygen atoms in total. The fourth-order valence-electron chi connectivity index (χ4n) is 4.26. The fraction of sp³-hybridized carbons (Fsp3) is 1.00. The third-order valence-corrected chi connectivity index (χ3v) is 5.47. The number of rotatable bonds is 0. The van der Waals surface area contributed by atoms with Crippen molar-refractivity contribution in [2.75, 3.05) is 20.1 Å². The van der Waals surface area contributed by atoms with Crippen LogP contribution in [0.25, 0.3) is 0 Å². The molecule has 1 saturated heterocycles. The van der Waals surface area contributed by atoms with E-state index >= 15 is 0 Å². The first-order valence-electron chi connectivity index (χ1n) is 12.2. The van der Waals surface area contributed by atoms with Crippen molar-refractivity contribution in [3.05, 3.63) is 0 Å². The lowest BCUT2D eigenvalue weighted by molar-refractivity contribution is 0.308. The van der Waals surface area contributed by atoms with E-state index in [0.717, 1.165) is 29.6 Å². The Kier molecular flexibility index (Phi) is 25.1. The summed E-state index contributed by atoms with van der Waals surface area (Å²) < 4.78 is 0. The van der Waals surface area contributed by atoms with E-state index in [1.54, 1.807) is 0 Å². The maximum atomic E-state index is 2.49. The summed E-state index contributed by atoms with van der Waals surface area (Å²) in [6, 6.07) is 0. The van der Waals surface area contributed by atoms with Gasteiger partial charge in [0.1, 0.15) is 0 Å². The minimum absolute atomic E-state index is 1.02. The van der Waals surface area contributed by atoms with Crippen LogP contribution in [0.3, 0.4) is 0 Å². The average Bonchev–Trinajstić information content (AvgIpc) is 3.20. The van der Waals surface area contributed by atoms with Gasteiger partial charge in [0.15, 0.2) is 0 Å². The first-order chi connectivity index (χ1) is 12.5. The van der Waals surface area contributed by atoms with Gasteiger partial charge in [0.25, 0.3) is 0 Å². The van der Waals surface area contributed by atoms with E-state index < -0.39 is 0 Å². The van der Waals surface area contributed by atoms with Crippen molar-refractivity contribution in [2.24, 2.45) is 29.6 Å². The van der Waals surface area contributed by atoms with E-state index in [4.69, 9.17) is 0 Å². The molecule has 0 aromatic carbocycles. The molecule has 162 valence electrons. The Morgan fingerprint density at radius 1 is 0.500 bits per heavy atom. The topological polar surface area (TPSA) is 3.24 Å².